The highest BCUT2D eigenvalue weighted by Gasteiger charge is 2.31. The smallest absolute Gasteiger partial charge is 0.150 e. The van der Waals surface area contributed by atoms with Crippen LogP contribution in [0.2, 0.25) is 0 Å². The van der Waals surface area contributed by atoms with Gasteiger partial charge in [-0.25, -0.2) is 8.42 Å². The van der Waals surface area contributed by atoms with Crippen LogP contribution in [-0.2, 0) is 14.6 Å². The van der Waals surface area contributed by atoms with Gasteiger partial charge >= 0.3 is 0 Å². The maximum Gasteiger partial charge on any atom is 0.150 e. The lowest BCUT2D eigenvalue weighted by molar-refractivity contribution is -0.0292. The fraction of sp³-hybridized carbons (Fsp3) is 1.00. The molecule has 4 nitrogen and oxygen atoms in total. The lowest BCUT2D eigenvalue weighted by atomic mass is 9.90. The van der Waals surface area contributed by atoms with Crippen LogP contribution in [-0.4, -0.2) is 45.7 Å². The Balaban J connectivity index is 4.34. The van der Waals surface area contributed by atoms with Gasteiger partial charge in [0, 0.05) is 18.9 Å². The van der Waals surface area contributed by atoms with Gasteiger partial charge in [-0.1, -0.05) is 13.8 Å². The Morgan fingerprint density at radius 2 is 1.94 bits per heavy atom. The summed E-state index contributed by atoms with van der Waals surface area (Å²) in [6.07, 6.45) is 2.39. The van der Waals surface area contributed by atoms with E-state index in [1.165, 1.54) is 0 Å². The summed E-state index contributed by atoms with van der Waals surface area (Å²) >= 11 is 0. The van der Waals surface area contributed by atoms with Gasteiger partial charge < -0.3 is 10.1 Å². The van der Waals surface area contributed by atoms with Gasteiger partial charge in [-0.2, -0.15) is 0 Å². The van der Waals surface area contributed by atoms with E-state index >= 15 is 0 Å². The van der Waals surface area contributed by atoms with Gasteiger partial charge in [0.05, 0.1) is 11.4 Å². The molecule has 0 aromatic rings. The summed E-state index contributed by atoms with van der Waals surface area (Å²) in [6.45, 7) is 5.83. The molecule has 0 rings (SSSR count). The first-order valence-electron chi connectivity index (χ1n) is 6.28. The van der Waals surface area contributed by atoms with Crippen LogP contribution in [0.25, 0.3) is 0 Å². The van der Waals surface area contributed by atoms with E-state index in [0.717, 1.165) is 12.8 Å². The van der Waals surface area contributed by atoms with Crippen LogP contribution in [0.15, 0.2) is 0 Å². The van der Waals surface area contributed by atoms with E-state index in [2.05, 4.69) is 19.2 Å². The van der Waals surface area contributed by atoms with Crippen molar-refractivity contribution in [3.05, 3.63) is 0 Å². The number of methoxy groups -OCH3 is 1. The molecule has 1 N–H and O–H groups in total. The highest BCUT2D eigenvalue weighted by molar-refractivity contribution is 7.91. The van der Waals surface area contributed by atoms with Crippen molar-refractivity contribution >= 4 is 9.84 Å². The number of likely N-dealkylation sites (N-methyl/N-ethyl adjacent to an activating group) is 1. The minimum absolute atomic E-state index is 0.185. The lowest BCUT2D eigenvalue weighted by Gasteiger charge is -2.35. The van der Waals surface area contributed by atoms with E-state index < -0.39 is 9.84 Å². The number of rotatable bonds is 9. The largest absolute Gasteiger partial charge is 0.377 e. The minimum atomic E-state index is -2.85. The molecule has 5 heteroatoms. The third kappa shape index (κ3) is 5.36. The molecule has 0 saturated carbocycles. The zero-order valence-corrected chi connectivity index (χ0v) is 12.6. The monoisotopic (exact) mass is 265 g/mol. The molecule has 0 aliphatic rings. The van der Waals surface area contributed by atoms with Gasteiger partial charge in [-0.05, 0) is 33.2 Å². The molecule has 0 aliphatic carbocycles. The predicted octanol–water partition coefficient (Wildman–Crippen LogP) is 1.60. The average molecular weight is 265 g/mol. The van der Waals surface area contributed by atoms with Crippen molar-refractivity contribution in [3.63, 3.8) is 0 Å². The Kier molecular flexibility index (Phi) is 7.28. The van der Waals surface area contributed by atoms with Crippen molar-refractivity contribution in [2.45, 2.75) is 51.7 Å². The molecule has 0 aromatic carbocycles. The van der Waals surface area contributed by atoms with E-state index in [9.17, 15) is 8.42 Å². The van der Waals surface area contributed by atoms with Crippen LogP contribution >= 0.6 is 0 Å². The Morgan fingerprint density at radius 1 is 1.35 bits per heavy atom. The summed E-state index contributed by atoms with van der Waals surface area (Å²) in [5, 5.41) is 3.23. The van der Waals surface area contributed by atoms with Gasteiger partial charge in [0.1, 0.15) is 9.84 Å². The highest BCUT2D eigenvalue weighted by atomic mass is 32.2. The lowest BCUT2D eigenvalue weighted by Crippen LogP contribution is -2.48. The molecule has 0 bridgehead atoms. The molecule has 0 radical (unpaired) electrons. The molecule has 0 aliphatic heterocycles. The number of nitrogens with one attached hydrogen (secondary N) is 1. The molecule has 104 valence electrons. The third-order valence-electron chi connectivity index (χ3n) is 3.64. The zero-order valence-electron chi connectivity index (χ0n) is 11.7. The first kappa shape index (κ1) is 16.9. The Labute approximate surface area is 106 Å². The van der Waals surface area contributed by atoms with Crippen molar-refractivity contribution < 1.29 is 13.2 Å². The second kappa shape index (κ2) is 7.34. The molecule has 0 saturated heterocycles. The van der Waals surface area contributed by atoms with Crippen molar-refractivity contribution in [1.82, 2.24) is 5.32 Å². The molecule has 2 atom stereocenters. The third-order valence-corrected chi connectivity index (χ3v) is 5.43. The van der Waals surface area contributed by atoms with E-state index in [4.69, 9.17) is 4.74 Å². The van der Waals surface area contributed by atoms with Crippen LogP contribution in [0.5, 0.6) is 0 Å². The van der Waals surface area contributed by atoms with Gasteiger partial charge in [0.15, 0.2) is 0 Å². The molecule has 0 amide bonds. The van der Waals surface area contributed by atoms with E-state index in [-0.39, 0.29) is 23.1 Å². The molecule has 2 unspecified atom stereocenters. The highest BCUT2D eigenvalue weighted by Crippen LogP contribution is 2.22. The molecule has 0 spiro atoms. The quantitative estimate of drug-likeness (QED) is 0.688. The second-order valence-electron chi connectivity index (χ2n) is 4.59. The van der Waals surface area contributed by atoms with Crippen LogP contribution in [0, 0.1) is 0 Å². The Hall–Kier alpha value is -0.130. The first-order chi connectivity index (χ1) is 7.85. The second-order valence-corrected chi connectivity index (χ2v) is 7.06. The van der Waals surface area contributed by atoms with Crippen LogP contribution < -0.4 is 5.32 Å². The van der Waals surface area contributed by atoms with Gasteiger partial charge in [0.25, 0.3) is 0 Å². The van der Waals surface area contributed by atoms with Crippen molar-refractivity contribution in [3.8, 4) is 0 Å². The van der Waals surface area contributed by atoms with E-state index in [0.29, 0.717) is 6.42 Å². The van der Waals surface area contributed by atoms with Crippen LogP contribution in [0.1, 0.15) is 40.0 Å². The Bertz CT molecular complexity index is 297. The van der Waals surface area contributed by atoms with Gasteiger partial charge in [0.2, 0.25) is 0 Å². The summed E-state index contributed by atoms with van der Waals surface area (Å²) in [5.41, 5.74) is -0.231. The van der Waals surface area contributed by atoms with Crippen molar-refractivity contribution in [2.75, 3.05) is 25.7 Å². The Morgan fingerprint density at radius 3 is 2.29 bits per heavy atom. The molecular formula is C12H27NO3S. The average Bonchev–Trinajstić information content (AvgIpc) is 2.33. The predicted molar refractivity (Wildman–Crippen MR) is 72.1 cm³/mol. The van der Waals surface area contributed by atoms with Crippen molar-refractivity contribution in [2.24, 2.45) is 0 Å². The fourth-order valence-corrected chi connectivity index (χ4v) is 2.83. The first-order valence-corrected chi connectivity index (χ1v) is 8.10. The zero-order chi connectivity index (χ0) is 13.5. The van der Waals surface area contributed by atoms with Crippen molar-refractivity contribution in [1.29, 1.82) is 0 Å². The number of ether oxygens (including phenoxy) is 1. The SMILES string of the molecule is CCC(C)(OC)C(CCCS(=O)(=O)CC)NC. The normalized spacial score (nSPS) is 17.7. The molecule has 17 heavy (non-hydrogen) atoms. The fourth-order valence-electron chi connectivity index (χ4n) is 1.94. The molecule has 0 fully saturated rings. The maximum absolute atomic E-state index is 11.4. The summed E-state index contributed by atoms with van der Waals surface area (Å²) in [7, 11) is 0.749. The summed E-state index contributed by atoms with van der Waals surface area (Å²) < 4.78 is 28.3. The van der Waals surface area contributed by atoms with E-state index in [1.54, 1.807) is 14.0 Å². The number of hydrogen-bond acceptors (Lipinski definition) is 4. The van der Waals surface area contributed by atoms with Crippen LogP contribution in [0.3, 0.4) is 0 Å². The van der Waals surface area contributed by atoms with Gasteiger partial charge in [-0.3, -0.25) is 0 Å². The van der Waals surface area contributed by atoms with Crippen LogP contribution in [0.4, 0.5) is 0 Å². The van der Waals surface area contributed by atoms with E-state index in [1.807, 2.05) is 7.05 Å². The van der Waals surface area contributed by atoms with Gasteiger partial charge in [-0.15, -0.1) is 0 Å². The minimum Gasteiger partial charge on any atom is -0.377 e. The number of sulfone groups is 1. The molecule has 0 heterocycles. The molecular weight excluding hydrogens is 238 g/mol. The molecule has 0 aromatic heterocycles. The summed E-state index contributed by atoms with van der Waals surface area (Å²) in [5.74, 6) is 0.498. The maximum atomic E-state index is 11.4. The standard InChI is InChI=1S/C12H27NO3S/c1-6-12(3,16-5)11(13-4)9-8-10-17(14,15)7-2/h11,13H,6-10H2,1-5H3. The number of hydrogen-bond donors (Lipinski definition) is 1. The summed E-state index contributed by atoms with van der Waals surface area (Å²) in [6, 6.07) is 0.185. The summed E-state index contributed by atoms with van der Waals surface area (Å²) in [4.78, 5) is 0. The topological polar surface area (TPSA) is 55.4 Å².